The number of halogens is 1. The van der Waals surface area contributed by atoms with Crippen molar-refractivity contribution in [1.29, 1.82) is 0 Å². The lowest BCUT2D eigenvalue weighted by molar-refractivity contribution is 0.627. The Morgan fingerprint density at radius 1 is 1.22 bits per heavy atom. The van der Waals surface area contributed by atoms with E-state index < -0.39 is 0 Å². The molecule has 0 aliphatic carbocycles. The molecule has 0 saturated carbocycles. The van der Waals surface area contributed by atoms with Gasteiger partial charge in [0.25, 0.3) is 0 Å². The van der Waals surface area contributed by atoms with Crippen LogP contribution in [-0.4, -0.2) is 10.2 Å². The van der Waals surface area contributed by atoms with Gasteiger partial charge in [0.15, 0.2) is 0 Å². The summed E-state index contributed by atoms with van der Waals surface area (Å²) in [6, 6.07) is 7.19. The first-order valence-electron chi connectivity index (χ1n) is 2.72. The average Bonchev–Trinajstić information content (AvgIpc) is 1.90. The first-order chi connectivity index (χ1) is 4.33. The van der Waals surface area contributed by atoms with Gasteiger partial charge in [0.05, 0.1) is 0 Å². The molecule has 3 radical (unpaired) electrons. The summed E-state index contributed by atoms with van der Waals surface area (Å²) in [6.45, 7) is 0. The van der Waals surface area contributed by atoms with Crippen molar-refractivity contribution in [1.82, 2.24) is 0 Å². The smallest absolute Gasteiger partial charge is 0.123 e. The molecular weight excluding hydrogens is 131 g/mol. The van der Waals surface area contributed by atoms with Gasteiger partial charge in [-0.1, -0.05) is 17.7 Å². The van der Waals surface area contributed by atoms with E-state index >= 15 is 0 Å². The minimum atomic E-state index is -0.182. The molecule has 0 N–H and O–H groups in total. The largest absolute Gasteiger partial charge is 0.207 e. The van der Waals surface area contributed by atoms with Crippen molar-refractivity contribution >= 4 is 10.2 Å². The molecular formula is C7H6FSi. The van der Waals surface area contributed by atoms with Crippen LogP contribution in [-0.2, 0) is 6.04 Å². The molecule has 0 nitrogen and oxygen atoms in total. The molecule has 0 bridgehead atoms. The van der Waals surface area contributed by atoms with E-state index in [2.05, 4.69) is 10.2 Å². The Bertz CT molecular complexity index is 181. The zero-order valence-electron chi connectivity index (χ0n) is 4.89. The fourth-order valence-electron chi connectivity index (χ4n) is 0.602. The number of hydrogen-bond donors (Lipinski definition) is 0. The van der Waals surface area contributed by atoms with Crippen LogP contribution in [0.15, 0.2) is 24.3 Å². The zero-order chi connectivity index (χ0) is 6.69. The van der Waals surface area contributed by atoms with Gasteiger partial charge in [-0.05, 0) is 18.2 Å². The molecule has 0 aliphatic rings. The molecule has 0 fully saturated rings. The monoisotopic (exact) mass is 137 g/mol. The van der Waals surface area contributed by atoms with E-state index in [1.807, 2.05) is 0 Å². The van der Waals surface area contributed by atoms with E-state index in [0.29, 0.717) is 0 Å². The molecule has 0 amide bonds. The normalized spacial score (nSPS) is 9.56. The Kier molecular flexibility index (Phi) is 2.00. The van der Waals surface area contributed by atoms with E-state index in [1.165, 1.54) is 12.1 Å². The Labute approximate surface area is 57.1 Å². The molecule has 45 valence electrons. The van der Waals surface area contributed by atoms with Crippen molar-refractivity contribution in [3.63, 3.8) is 0 Å². The molecule has 9 heavy (non-hydrogen) atoms. The zero-order valence-corrected chi connectivity index (χ0v) is 5.89. The topological polar surface area (TPSA) is 0 Å². The Morgan fingerprint density at radius 2 is 1.78 bits per heavy atom. The molecule has 0 heterocycles. The lowest BCUT2D eigenvalue weighted by atomic mass is 10.2. The van der Waals surface area contributed by atoms with E-state index in [1.54, 1.807) is 12.1 Å². The SMILES string of the molecule is Fc1ccc(C[Si])cc1. The fraction of sp³-hybridized carbons (Fsp3) is 0.143. The minimum Gasteiger partial charge on any atom is -0.207 e. The third-order valence-electron chi connectivity index (χ3n) is 1.12. The summed E-state index contributed by atoms with van der Waals surface area (Å²) in [5.41, 5.74) is 1.09. The highest BCUT2D eigenvalue weighted by atomic mass is 28.1. The Balaban J connectivity index is 2.88. The van der Waals surface area contributed by atoms with Crippen LogP contribution in [0.2, 0.25) is 0 Å². The molecule has 1 rings (SSSR count). The van der Waals surface area contributed by atoms with Crippen LogP contribution in [0.3, 0.4) is 0 Å². The number of benzene rings is 1. The summed E-state index contributed by atoms with van der Waals surface area (Å²) in [5, 5.41) is 0. The molecule has 0 unspecified atom stereocenters. The maximum atomic E-state index is 12.2. The van der Waals surface area contributed by atoms with Crippen molar-refractivity contribution in [3.8, 4) is 0 Å². The maximum absolute atomic E-state index is 12.2. The number of rotatable bonds is 1. The molecule has 1 aromatic carbocycles. The van der Waals surface area contributed by atoms with Gasteiger partial charge in [0, 0.05) is 10.2 Å². The highest BCUT2D eigenvalue weighted by molar-refractivity contribution is 6.08. The summed E-state index contributed by atoms with van der Waals surface area (Å²) in [7, 11) is 3.30. The quantitative estimate of drug-likeness (QED) is 0.514. The van der Waals surface area contributed by atoms with Crippen LogP contribution < -0.4 is 0 Å². The second-order valence-corrected chi connectivity index (χ2v) is 2.16. The summed E-state index contributed by atoms with van der Waals surface area (Å²) in [6.07, 6.45) is 0. The molecule has 1 aromatic rings. The predicted octanol–water partition coefficient (Wildman–Crippen LogP) is 1.49. The average molecular weight is 137 g/mol. The third kappa shape index (κ3) is 1.64. The van der Waals surface area contributed by atoms with Crippen LogP contribution in [0, 0.1) is 5.82 Å². The van der Waals surface area contributed by atoms with Crippen molar-refractivity contribution < 1.29 is 4.39 Å². The summed E-state index contributed by atoms with van der Waals surface area (Å²) in [5.74, 6) is -0.182. The van der Waals surface area contributed by atoms with Gasteiger partial charge >= 0.3 is 0 Å². The molecule has 2 heteroatoms. The van der Waals surface area contributed by atoms with E-state index in [9.17, 15) is 4.39 Å². The minimum absolute atomic E-state index is 0.182. The first kappa shape index (κ1) is 6.49. The number of hydrogen-bond acceptors (Lipinski definition) is 0. The highest BCUT2D eigenvalue weighted by Crippen LogP contribution is 2.00. The maximum Gasteiger partial charge on any atom is 0.123 e. The van der Waals surface area contributed by atoms with Crippen molar-refractivity contribution in [2.75, 3.05) is 0 Å². The van der Waals surface area contributed by atoms with E-state index in [0.717, 1.165) is 11.6 Å². The van der Waals surface area contributed by atoms with Crippen molar-refractivity contribution in [2.45, 2.75) is 6.04 Å². The predicted molar refractivity (Wildman–Crippen MR) is 35.9 cm³/mol. The molecule has 0 saturated heterocycles. The second-order valence-electron chi connectivity index (χ2n) is 1.80. The van der Waals surface area contributed by atoms with Crippen LogP contribution in [0.4, 0.5) is 4.39 Å². The molecule has 0 aromatic heterocycles. The summed E-state index contributed by atoms with van der Waals surface area (Å²) >= 11 is 0. The molecule has 0 spiro atoms. The highest BCUT2D eigenvalue weighted by Gasteiger charge is 1.87. The third-order valence-corrected chi connectivity index (χ3v) is 1.53. The van der Waals surface area contributed by atoms with Gasteiger partial charge in [-0.3, -0.25) is 0 Å². The second kappa shape index (κ2) is 2.78. The van der Waals surface area contributed by atoms with Crippen LogP contribution in [0.25, 0.3) is 0 Å². The van der Waals surface area contributed by atoms with Gasteiger partial charge in [-0.15, -0.1) is 0 Å². The van der Waals surface area contributed by atoms with Crippen molar-refractivity contribution in [3.05, 3.63) is 35.6 Å². The van der Waals surface area contributed by atoms with Gasteiger partial charge < -0.3 is 0 Å². The van der Waals surface area contributed by atoms with Crippen LogP contribution in [0.5, 0.6) is 0 Å². The Morgan fingerprint density at radius 3 is 2.22 bits per heavy atom. The van der Waals surface area contributed by atoms with E-state index in [-0.39, 0.29) is 5.82 Å². The molecule has 0 atom stereocenters. The van der Waals surface area contributed by atoms with Crippen LogP contribution in [0.1, 0.15) is 5.56 Å². The standard InChI is InChI=1S/C7H6FSi/c8-7-3-1-6(5-9)2-4-7/h1-4H,5H2. The van der Waals surface area contributed by atoms with Crippen LogP contribution >= 0.6 is 0 Å². The summed E-state index contributed by atoms with van der Waals surface area (Å²) < 4.78 is 12.2. The van der Waals surface area contributed by atoms with Gasteiger partial charge in [0.2, 0.25) is 0 Å². The summed E-state index contributed by atoms with van der Waals surface area (Å²) in [4.78, 5) is 0. The van der Waals surface area contributed by atoms with Gasteiger partial charge in [-0.25, -0.2) is 4.39 Å². The van der Waals surface area contributed by atoms with Gasteiger partial charge in [0.1, 0.15) is 5.82 Å². The van der Waals surface area contributed by atoms with Gasteiger partial charge in [-0.2, -0.15) is 0 Å². The van der Waals surface area contributed by atoms with E-state index in [4.69, 9.17) is 0 Å². The lowest BCUT2D eigenvalue weighted by Crippen LogP contribution is -1.82. The fourth-order valence-corrected chi connectivity index (χ4v) is 0.838. The lowest BCUT2D eigenvalue weighted by Gasteiger charge is -1.92. The van der Waals surface area contributed by atoms with Crippen molar-refractivity contribution in [2.24, 2.45) is 0 Å². The molecule has 0 aliphatic heterocycles. The Hall–Kier alpha value is -0.633. The first-order valence-corrected chi connectivity index (χ1v) is 3.42.